The summed E-state index contributed by atoms with van der Waals surface area (Å²) < 4.78 is 24.0. The third kappa shape index (κ3) is 11.9. The number of allylic oxidation sites excluding steroid dienone is 4. The molecule has 1 aromatic carbocycles. The molecule has 7 nitrogen and oxygen atoms in total. The fraction of sp³-hybridized carbons (Fsp3) is 0.586. The van der Waals surface area contributed by atoms with E-state index in [0.29, 0.717) is 42.5 Å². The normalized spacial score (nSPS) is 15.5. The van der Waals surface area contributed by atoms with E-state index in [1.807, 2.05) is 39.8 Å². The van der Waals surface area contributed by atoms with Gasteiger partial charge >= 0.3 is 5.97 Å². The molecule has 2 aliphatic heterocycles. The quantitative estimate of drug-likeness (QED) is 0.477. The number of aliphatic imine (C=N–C) groups is 1. The Labute approximate surface area is 223 Å². The summed E-state index contributed by atoms with van der Waals surface area (Å²) in [5.41, 5.74) is 0.615. The molecule has 0 bridgehead atoms. The smallest absolute Gasteiger partial charge is 0.310 e. The number of hydrogen-bond acceptors (Lipinski definition) is 6. The molecule has 1 fully saturated rings. The minimum Gasteiger partial charge on any atom is -0.481 e. The second kappa shape index (κ2) is 17.7. The maximum absolute atomic E-state index is 13.9. The zero-order valence-electron chi connectivity index (χ0n) is 24.5. The highest BCUT2D eigenvalue weighted by molar-refractivity contribution is 6.02. The summed E-state index contributed by atoms with van der Waals surface area (Å²) in [6.45, 7) is 18.8. The number of aliphatic carboxylic acids is 1. The summed E-state index contributed by atoms with van der Waals surface area (Å²) >= 11 is 0. The molecule has 1 N–H and O–H groups in total. The Morgan fingerprint density at radius 3 is 2.11 bits per heavy atom. The highest BCUT2D eigenvalue weighted by Crippen LogP contribution is 2.29. The molecule has 0 amide bonds. The van der Waals surface area contributed by atoms with Gasteiger partial charge in [0.05, 0.1) is 16.7 Å². The number of fused-ring (bicyclic) bond motifs is 1. The first-order valence-corrected chi connectivity index (χ1v) is 12.8. The van der Waals surface area contributed by atoms with Crippen LogP contribution in [0.4, 0.5) is 4.39 Å². The molecular weight excluding hydrogens is 473 g/mol. The van der Waals surface area contributed by atoms with E-state index in [-0.39, 0.29) is 5.82 Å². The molecule has 2 aliphatic rings. The number of carboxylic acid groups (broad SMARTS) is 1. The van der Waals surface area contributed by atoms with Crippen LogP contribution in [-0.2, 0) is 9.53 Å². The van der Waals surface area contributed by atoms with Gasteiger partial charge in [0, 0.05) is 46.9 Å². The highest BCUT2D eigenvalue weighted by Gasteiger charge is 2.32. The van der Waals surface area contributed by atoms with Crippen LogP contribution in [0.25, 0.3) is 0 Å². The van der Waals surface area contributed by atoms with Crippen molar-refractivity contribution in [3.05, 3.63) is 53.2 Å². The number of rotatable bonds is 3. The molecule has 1 aromatic rings. The van der Waals surface area contributed by atoms with Gasteiger partial charge in [0.25, 0.3) is 0 Å². The van der Waals surface area contributed by atoms with E-state index in [9.17, 15) is 14.3 Å². The van der Waals surface area contributed by atoms with Gasteiger partial charge in [-0.2, -0.15) is 0 Å². The van der Waals surface area contributed by atoms with Gasteiger partial charge in [0.1, 0.15) is 23.2 Å². The fourth-order valence-electron chi connectivity index (χ4n) is 3.29. The molecule has 0 aromatic heterocycles. The van der Waals surface area contributed by atoms with Crippen LogP contribution in [0.15, 0.2) is 46.8 Å². The maximum Gasteiger partial charge on any atom is 0.310 e. The number of carbonyl (C=O) groups is 1. The van der Waals surface area contributed by atoms with Crippen molar-refractivity contribution in [1.82, 2.24) is 9.80 Å². The summed E-state index contributed by atoms with van der Waals surface area (Å²) in [6, 6.07) is 4.48. The molecule has 210 valence electrons. The van der Waals surface area contributed by atoms with Gasteiger partial charge in [-0.1, -0.05) is 32.4 Å². The zero-order chi connectivity index (χ0) is 28.6. The molecule has 0 saturated carbocycles. The highest BCUT2D eigenvalue weighted by atomic mass is 19.1. The average molecular weight is 522 g/mol. The van der Waals surface area contributed by atoms with Crippen LogP contribution in [0.2, 0.25) is 0 Å². The lowest BCUT2D eigenvalue weighted by molar-refractivity contribution is -0.148. The van der Waals surface area contributed by atoms with E-state index in [0.717, 1.165) is 18.8 Å². The lowest BCUT2D eigenvalue weighted by Crippen LogP contribution is -2.52. The topological polar surface area (TPSA) is 74.6 Å². The summed E-state index contributed by atoms with van der Waals surface area (Å²) in [6.07, 6.45) is 5.25. The number of ether oxygens (including phenoxy) is 2. The van der Waals surface area contributed by atoms with Crippen molar-refractivity contribution < 1.29 is 23.8 Å². The number of nitrogens with zero attached hydrogens (tertiary/aromatic N) is 3. The van der Waals surface area contributed by atoms with Crippen LogP contribution in [-0.4, -0.2) is 73.7 Å². The number of methoxy groups -OCH3 is 1. The molecule has 0 atom stereocenters. The van der Waals surface area contributed by atoms with Crippen LogP contribution in [0, 0.1) is 11.2 Å². The lowest BCUT2D eigenvalue weighted by Gasteiger charge is -2.39. The van der Waals surface area contributed by atoms with Crippen molar-refractivity contribution in [3.8, 4) is 5.75 Å². The summed E-state index contributed by atoms with van der Waals surface area (Å²) in [5, 5.41) is 9.34. The summed E-state index contributed by atoms with van der Waals surface area (Å²) in [7, 11) is 3.25. The predicted octanol–water partition coefficient (Wildman–Crippen LogP) is 6.21. The van der Waals surface area contributed by atoms with Crippen molar-refractivity contribution in [1.29, 1.82) is 0 Å². The lowest BCUT2D eigenvalue weighted by atomic mass is 9.93. The number of amidine groups is 1. The maximum atomic E-state index is 13.9. The van der Waals surface area contributed by atoms with Crippen molar-refractivity contribution in [2.45, 2.75) is 61.8 Å². The second-order valence-corrected chi connectivity index (χ2v) is 9.55. The Kier molecular flexibility index (Phi) is 16.4. The number of halogens is 1. The van der Waals surface area contributed by atoms with Gasteiger partial charge < -0.3 is 19.5 Å². The Bertz CT molecular complexity index is 912. The Morgan fingerprint density at radius 2 is 1.65 bits per heavy atom. The Balaban J connectivity index is 0.00000112. The molecule has 1 saturated heterocycles. The zero-order valence-corrected chi connectivity index (χ0v) is 24.5. The van der Waals surface area contributed by atoms with Crippen LogP contribution in [0.5, 0.6) is 5.75 Å². The van der Waals surface area contributed by atoms with Crippen LogP contribution >= 0.6 is 0 Å². The predicted molar refractivity (Wildman–Crippen MR) is 151 cm³/mol. The molecule has 0 radical (unpaired) electrons. The first-order valence-electron chi connectivity index (χ1n) is 12.8. The fourth-order valence-corrected chi connectivity index (χ4v) is 3.29. The Morgan fingerprint density at radius 1 is 1.14 bits per heavy atom. The minimum atomic E-state index is -0.795. The molecule has 0 aliphatic carbocycles. The molecule has 0 spiro atoms. The van der Waals surface area contributed by atoms with Gasteiger partial charge in [0.2, 0.25) is 0 Å². The standard InChI is InChI=1S/C20H26FN3O3.C4H8.C3H8.C2H6O/c1-13-14(2)27-17-6-5-15(21)11-16(17)18(22-13)24-9-7-23(8-10-24)12-20(3,4)19(25)26;1-3-4-2;2*1-3-2/h5-6,11H,7-10,12H2,1-4H3,(H,25,26);3-4H,1-2H3;3H2,1-2H3;1-2H3/b;4-3-;;. The second-order valence-electron chi connectivity index (χ2n) is 9.55. The molecule has 8 heteroatoms. The summed E-state index contributed by atoms with van der Waals surface area (Å²) in [4.78, 5) is 20.3. The van der Waals surface area contributed by atoms with E-state index in [1.54, 1.807) is 34.1 Å². The van der Waals surface area contributed by atoms with Gasteiger partial charge in [-0.15, -0.1) is 0 Å². The SMILES string of the molecule is C/C=C\C.CC1=C(C)Oc2ccc(F)cc2C(N2CCN(CC(C)(C)C(=O)O)CC2)=N1.CCC.COC. The van der Waals surface area contributed by atoms with Crippen LogP contribution in [0.1, 0.15) is 67.4 Å². The van der Waals surface area contributed by atoms with Crippen molar-refractivity contribution >= 4 is 11.8 Å². The number of benzene rings is 1. The van der Waals surface area contributed by atoms with E-state index in [4.69, 9.17) is 9.73 Å². The number of carboxylic acids is 1. The third-order valence-electron chi connectivity index (χ3n) is 5.43. The van der Waals surface area contributed by atoms with Crippen molar-refractivity contribution in [2.24, 2.45) is 10.4 Å². The molecular formula is C29H48FN3O4. The minimum absolute atomic E-state index is 0.330. The largest absolute Gasteiger partial charge is 0.481 e. The number of hydrogen-bond donors (Lipinski definition) is 1. The monoisotopic (exact) mass is 521 g/mol. The molecule has 0 unspecified atom stereocenters. The van der Waals surface area contributed by atoms with E-state index < -0.39 is 11.4 Å². The first-order chi connectivity index (χ1) is 17.4. The molecule has 3 rings (SSSR count). The van der Waals surface area contributed by atoms with Gasteiger partial charge in [-0.05, 0) is 59.7 Å². The van der Waals surface area contributed by atoms with E-state index >= 15 is 0 Å². The summed E-state index contributed by atoms with van der Waals surface area (Å²) in [5.74, 6) is 0.870. The van der Waals surface area contributed by atoms with Gasteiger partial charge in [0.15, 0.2) is 0 Å². The third-order valence-corrected chi connectivity index (χ3v) is 5.43. The van der Waals surface area contributed by atoms with Gasteiger partial charge in [-0.3, -0.25) is 9.69 Å². The Hall–Kier alpha value is -2.71. The van der Waals surface area contributed by atoms with E-state index in [1.165, 1.54) is 18.6 Å². The molecule has 37 heavy (non-hydrogen) atoms. The number of piperazine rings is 1. The first kappa shape index (κ1) is 34.3. The molecule has 2 heterocycles. The van der Waals surface area contributed by atoms with E-state index in [2.05, 4.69) is 28.4 Å². The van der Waals surface area contributed by atoms with Crippen molar-refractivity contribution in [2.75, 3.05) is 46.9 Å². The van der Waals surface area contributed by atoms with Crippen molar-refractivity contribution in [3.63, 3.8) is 0 Å². The average Bonchev–Trinajstić information content (AvgIpc) is 2.96. The van der Waals surface area contributed by atoms with Gasteiger partial charge in [-0.25, -0.2) is 9.38 Å². The van der Waals surface area contributed by atoms with Crippen LogP contribution < -0.4 is 4.74 Å². The van der Waals surface area contributed by atoms with Crippen LogP contribution in [0.3, 0.4) is 0 Å².